The first-order valence-corrected chi connectivity index (χ1v) is 16.8. The van der Waals surface area contributed by atoms with Crippen molar-refractivity contribution in [1.29, 1.82) is 0 Å². The summed E-state index contributed by atoms with van der Waals surface area (Å²) in [6, 6.07) is 3.04. The van der Waals surface area contributed by atoms with Crippen LogP contribution in [0.4, 0.5) is 0 Å². The molecule has 20 heavy (non-hydrogen) atoms. The Balaban J connectivity index is 0. The maximum atomic E-state index is 2.54. The Labute approximate surface area is 156 Å². The van der Waals surface area contributed by atoms with Crippen molar-refractivity contribution in [2.75, 3.05) is 0 Å². The zero-order valence-electron chi connectivity index (χ0n) is 16.3. The minimum atomic E-state index is -1.06. The minimum Gasteiger partial charge on any atom is -0.269 e. The van der Waals surface area contributed by atoms with Gasteiger partial charge < -0.3 is 0 Å². The number of hydrogen-bond acceptors (Lipinski definition) is 0. The van der Waals surface area contributed by atoms with Crippen LogP contribution in [0.2, 0.25) is 34.3 Å². The Morgan fingerprint density at radius 1 is 0.600 bits per heavy atom. The standard InChI is InChI=1S/C16H39Si3.Na/c1-11-18(13(3)4,14(5)6)17-19(12-2,15(7)8)16(9)10;/h13-17H,11-12H2,1-10H3;/q-1;+1. The summed E-state index contributed by atoms with van der Waals surface area (Å²) in [5.74, 6) is 0. The van der Waals surface area contributed by atoms with Crippen molar-refractivity contribution in [3.63, 3.8) is 0 Å². The quantitative estimate of drug-likeness (QED) is 0.597. The summed E-state index contributed by atoms with van der Waals surface area (Å²) >= 11 is 0. The van der Waals surface area contributed by atoms with E-state index in [1.54, 1.807) is 0 Å². The largest absolute Gasteiger partial charge is 1.00 e. The van der Waals surface area contributed by atoms with Gasteiger partial charge in [-0.3, -0.25) is 8.55 Å². The summed E-state index contributed by atoms with van der Waals surface area (Å²) in [6.07, 6.45) is 0. The van der Waals surface area contributed by atoms with Crippen LogP contribution in [-0.2, 0) is 0 Å². The SMILES string of the molecule is CC[Si]([SiH-][Si](CC)(C(C)C)C(C)C)(C(C)C)C(C)C.[Na+]. The van der Waals surface area contributed by atoms with Gasteiger partial charge >= 0.3 is 29.6 Å². The van der Waals surface area contributed by atoms with Crippen LogP contribution in [0.3, 0.4) is 0 Å². The van der Waals surface area contributed by atoms with Crippen molar-refractivity contribution in [2.24, 2.45) is 0 Å². The van der Waals surface area contributed by atoms with Crippen LogP contribution in [0.1, 0.15) is 69.2 Å². The first-order valence-electron chi connectivity index (χ1n) is 8.47. The summed E-state index contributed by atoms with van der Waals surface area (Å²) in [7, 11) is -1.39. The molecule has 0 nitrogen and oxygen atoms in total. The predicted molar refractivity (Wildman–Crippen MR) is 100 cm³/mol. The van der Waals surface area contributed by atoms with E-state index in [1.165, 1.54) is 12.1 Å². The van der Waals surface area contributed by atoms with Crippen LogP contribution in [0, 0.1) is 0 Å². The fourth-order valence-corrected chi connectivity index (χ4v) is 45.9. The summed E-state index contributed by atoms with van der Waals surface area (Å²) in [4.78, 5) is 0. The van der Waals surface area contributed by atoms with Gasteiger partial charge in [0, 0.05) is 0 Å². The van der Waals surface area contributed by atoms with Crippen LogP contribution < -0.4 is 29.6 Å². The Hall–Kier alpha value is 1.65. The molecule has 0 atom stereocenters. The topological polar surface area (TPSA) is 0 Å². The molecule has 0 fully saturated rings. The van der Waals surface area contributed by atoms with Crippen LogP contribution in [0.25, 0.3) is 0 Å². The Bertz CT molecular complexity index is 220. The zero-order chi connectivity index (χ0) is 15.4. The van der Waals surface area contributed by atoms with Gasteiger partial charge in [-0.1, -0.05) is 119 Å². The zero-order valence-corrected chi connectivity index (χ0v) is 21.5. The van der Waals surface area contributed by atoms with Crippen molar-refractivity contribution >= 4 is 23.7 Å². The molecule has 0 N–H and O–H groups in total. The molecule has 0 bridgehead atoms. The van der Waals surface area contributed by atoms with Crippen molar-refractivity contribution in [2.45, 2.75) is 103 Å². The van der Waals surface area contributed by atoms with Gasteiger partial charge in [0.05, 0.1) is 0 Å². The average molecular weight is 339 g/mol. The molecule has 0 amide bonds. The van der Waals surface area contributed by atoms with Gasteiger partial charge in [0.1, 0.15) is 0 Å². The monoisotopic (exact) mass is 338 g/mol. The fraction of sp³-hybridized carbons (Fsp3) is 1.00. The van der Waals surface area contributed by atoms with Crippen molar-refractivity contribution < 1.29 is 29.6 Å². The van der Waals surface area contributed by atoms with E-state index in [0.717, 1.165) is 30.7 Å². The van der Waals surface area contributed by atoms with Crippen molar-refractivity contribution in [3.05, 3.63) is 0 Å². The molecule has 0 aromatic heterocycles. The van der Waals surface area contributed by atoms with Gasteiger partial charge in [-0.2, -0.15) is 0 Å². The van der Waals surface area contributed by atoms with Gasteiger partial charge in [-0.25, -0.2) is 0 Å². The molecule has 0 aliphatic rings. The van der Waals surface area contributed by atoms with Gasteiger partial charge in [0.25, 0.3) is 0 Å². The Kier molecular flexibility index (Phi) is 11.6. The molecule has 0 aliphatic carbocycles. The van der Waals surface area contributed by atoms with Gasteiger partial charge in [0.15, 0.2) is 0 Å². The molecule has 0 radical (unpaired) electrons. The maximum absolute atomic E-state index is 2.54. The molecule has 0 aliphatic heterocycles. The second-order valence-electron chi connectivity index (χ2n) is 7.69. The molecule has 0 heterocycles. The smallest absolute Gasteiger partial charge is 0.269 e. The van der Waals surface area contributed by atoms with Gasteiger partial charge in [-0.15, -0.1) is 0 Å². The van der Waals surface area contributed by atoms with E-state index in [0.29, 0.717) is 0 Å². The van der Waals surface area contributed by atoms with Crippen molar-refractivity contribution in [3.8, 4) is 0 Å². The summed E-state index contributed by atoms with van der Waals surface area (Å²) in [5, 5.41) is 0. The first-order chi connectivity index (χ1) is 8.60. The van der Waals surface area contributed by atoms with Gasteiger partial charge in [0.2, 0.25) is 0 Å². The molecule has 0 unspecified atom stereocenters. The van der Waals surface area contributed by atoms with E-state index >= 15 is 0 Å². The molecule has 4 heteroatoms. The van der Waals surface area contributed by atoms with E-state index < -0.39 is 15.2 Å². The number of rotatable bonds is 8. The summed E-state index contributed by atoms with van der Waals surface area (Å²) in [6.45, 7) is 25.3. The molecule has 0 saturated carbocycles. The van der Waals surface area contributed by atoms with Crippen LogP contribution in [0.15, 0.2) is 0 Å². The molecule has 0 saturated heterocycles. The third kappa shape index (κ3) is 4.82. The van der Waals surface area contributed by atoms with Crippen LogP contribution in [0.5, 0.6) is 0 Å². The second kappa shape index (κ2) is 9.71. The third-order valence-electron chi connectivity index (χ3n) is 6.06. The Morgan fingerprint density at radius 2 is 0.800 bits per heavy atom. The summed E-state index contributed by atoms with van der Waals surface area (Å²) in [5.41, 5.74) is 3.90. The molecule has 0 aromatic carbocycles. The molecule has 116 valence electrons. The van der Waals surface area contributed by atoms with Crippen LogP contribution in [-0.4, -0.2) is 23.7 Å². The molecule has 0 spiro atoms. The average Bonchev–Trinajstić information content (AvgIpc) is 2.29. The Morgan fingerprint density at radius 3 is 0.900 bits per heavy atom. The number of hydrogen-bond donors (Lipinski definition) is 0. The van der Waals surface area contributed by atoms with Gasteiger partial charge in [-0.05, 0) is 0 Å². The third-order valence-corrected chi connectivity index (χ3v) is 41.5. The normalized spacial score (nSPS) is 13.5. The summed E-state index contributed by atoms with van der Waals surface area (Å²) < 4.78 is 0. The molecule has 0 rings (SSSR count). The minimum absolute atomic E-state index is 0. The van der Waals surface area contributed by atoms with Crippen molar-refractivity contribution in [1.82, 2.24) is 0 Å². The second-order valence-corrected chi connectivity index (χ2v) is 28.4. The molecular weight excluding hydrogens is 299 g/mol. The first kappa shape index (κ1) is 23.9. The van der Waals surface area contributed by atoms with E-state index in [9.17, 15) is 0 Å². The molecular formula is C16H39NaSi3. The van der Waals surface area contributed by atoms with E-state index in [-0.39, 0.29) is 29.6 Å². The fourth-order valence-electron chi connectivity index (χ4n) is 4.34. The van der Waals surface area contributed by atoms with E-state index in [1.807, 2.05) is 0 Å². The molecule has 0 aromatic rings. The van der Waals surface area contributed by atoms with E-state index in [2.05, 4.69) is 69.2 Å². The maximum Gasteiger partial charge on any atom is 1.00 e. The van der Waals surface area contributed by atoms with E-state index in [4.69, 9.17) is 0 Å². The predicted octanol–water partition coefficient (Wildman–Crippen LogP) is 3.00. The van der Waals surface area contributed by atoms with Crippen LogP contribution >= 0.6 is 0 Å².